The number of alkyl halides is 1. The molecular formula is C22H19ClFNO4. The molecule has 1 saturated heterocycles. The molecule has 1 fully saturated rings. The van der Waals surface area contributed by atoms with Crippen molar-refractivity contribution in [1.29, 1.82) is 0 Å². The zero-order valence-electron chi connectivity index (χ0n) is 15.7. The number of aliphatic carboxylic acids is 1. The van der Waals surface area contributed by atoms with Crippen molar-refractivity contribution in [3.05, 3.63) is 64.7 Å². The summed E-state index contributed by atoms with van der Waals surface area (Å²) in [7, 11) is 0. The molecule has 2 aromatic carbocycles. The van der Waals surface area contributed by atoms with Gasteiger partial charge in [0.05, 0.1) is 18.1 Å². The van der Waals surface area contributed by atoms with E-state index in [0.29, 0.717) is 22.8 Å². The first-order valence-corrected chi connectivity index (χ1v) is 9.58. The van der Waals surface area contributed by atoms with Crippen molar-refractivity contribution in [2.45, 2.75) is 25.1 Å². The molecule has 1 atom stereocenters. The normalized spacial score (nSPS) is 19.6. The highest BCUT2D eigenvalue weighted by Crippen LogP contribution is 2.40. The van der Waals surface area contributed by atoms with Gasteiger partial charge in [-0.2, -0.15) is 0 Å². The van der Waals surface area contributed by atoms with Crippen molar-refractivity contribution in [1.82, 2.24) is 4.90 Å². The third-order valence-corrected chi connectivity index (χ3v) is 5.34. The maximum Gasteiger partial charge on any atom is 0.328 e. The molecule has 150 valence electrons. The maximum absolute atomic E-state index is 13.6. The number of nitrogens with zero attached hydrogens (tertiary/aromatic N) is 1. The molecule has 7 heteroatoms. The van der Waals surface area contributed by atoms with Crippen LogP contribution in [-0.2, 0) is 11.2 Å². The second-order valence-electron chi connectivity index (χ2n) is 7.66. The molecule has 4 rings (SSSR count). The monoisotopic (exact) mass is 415 g/mol. The SMILES string of the molecule is CC1(F)CN(C(=O)c2ccc(-c3cc(Cl)c4c(c3)CC(/C=C/C(=O)O)O4)cc2)C1. The van der Waals surface area contributed by atoms with Gasteiger partial charge < -0.3 is 14.7 Å². The first-order valence-electron chi connectivity index (χ1n) is 9.21. The van der Waals surface area contributed by atoms with Crippen molar-refractivity contribution in [2.24, 2.45) is 0 Å². The van der Waals surface area contributed by atoms with Crippen LogP contribution in [0.3, 0.4) is 0 Å². The number of carboxylic acids is 1. The van der Waals surface area contributed by atoms with Crippen LogP contribution in [0.5, 0.6) is 5.75 Å². The Morgan fingerprint density at radius 3 is 2.55 bits per heavy atom. The van der Waals surface area contributed by atoms with Crippen molar-refractivity contribution < 1.29 is 23.8 Å². The van der Waals surface area contributed by atoms with Crippen LogP contribution in [0.25, 0.3) is 11.1 Å². The second-order valence-corrected chi connectivity index (χ2v) is 8.06. The van der Waals surface area contributed by atoms with E-state index in [1.807, 2.05) is 18.2 Å². The Balaban J connectivity index is 1.52. The Morgan fingerprint density at radius 1 is 1.24 bits per heavy atom. The van der Waals surface area contributed by atoms with Gasteiger partial charge in [0.25, 0.3) is 5.91 Å². The number of carbonyl (C=O) groups is 2. The second kappa shape index (κ2) is 7.19. The highest BCUT2D eigenvalue weighted by Gasteiger charge is 2.41. The van der Waals surface area contributed by atoms with Gasteiger partial charge in [-0.05, 0) is 48.4 Å². The minimum Gasteiger partial charge on any atom is -0.484 e. The van der Waals surface area contributed by atoms with Gasteiger partial charge in [-0.3, -0.25) is 4.79 Å². The molecule has 0 aliphatic carbocycles. The lowest BCUT2D eigenvalue weighted by atomic mass is 9.96. The van der Waals surface area contributed by atoms with E-state index in [2.05, 4.69) is 0 Å². The Morgan fingerprint density at radius 2 is 1.93 bits per heavy atom. The number of hydrogen-bond acceptors (Lipinski definition) is 3. The maximum atomic E-state index is 13.6. The fourth-order valence-electron chi connectivity index (χ4n) is 3.69. The smallest absolute Gasteiger partial charge is 0.328 e. The Labute approximate surface area is 172 Å². The Hall–Kier alpha value is -2.86. The number of ether oxygens (including phenoxy) is 1. The molecule has 1 amide bonds. The summed E-state index contributed by atoms with van der Waals surface area (Å²) in [6, 6.07) is 10.8. The zero-order valence-corrected chi connectivity index (χ0v) is 16.4. The standard InChI is InChI=1S/C22H19ClFNO4/c1-22(24)11-25(12-22)21(28)14-4-2-13(3-5-14)15-8-16-9-17(6-7-19(26)27)29-20(16)18(23)10-15/h2-8,10,17H,9,11-12H2,1H3,(H,26,27)/b7-6+. The summed E-state index contributed by atoms with van der Waals surface area (Å²) in [5.74, 6) is -0.644. The number of rotatable bonds is 4. The number of carboxylic acid groups (broad SMARTS) is 1. The van der Waals surface area contributed by atoms with E-state index in [1.54, 1.807) is 18.2 Å². The molecule has 29 heavy (non-hydrogen) atoms. The summed E-state index contributed by atoms with van der Waals surface area (Å²) in [4.78, 5) is 24.6. The molecule has 0 aromatic heterocycles. The predicted octanol–water partition coefficient (Wildman–Crippen LogP) is 4.14. The summed E-state index contributed by atoms with van der Waals surface area (Å²) in [5, 5.41) is 9.22. The van der Waals surface area contributed by atoms with E-state index in [9.17, 15) is 14.0 Å². The molecule has 2 aliphatic rings. The summed E-state index contributed by atoms with van der Waals surface area (Å²) in [6.45, 7) is 1.72. The third-order valence-electron chi connectivity index (χ3n) is 5.06. The van der Waals surface area contributed by atoms with E-state index in [4.69, 9.17) is 21.4 Å². The molecule has 0 radical (unpaired) electrons. The number of hydrogen-bond donors (Lipinski definition) is 1. The largest absolute Gasteiger partial charge is 0.484 e. The average Bonchev–Trinajstić information content (AvgIpc) is 3.07. The number of benzene rings is 2. The van der Waals surface area contributed by atoms with Crippen LogP contribution >= 0.6 is 11.6 Å². The fourth-order valence-corrected chi connectivity index (χ4v) is 3.97. The first-order chi connectivity index (χ1) is 13.7. The number of amides is 1. The zero-order chi connectivity index (χ0) is 20.8. The lowest BCUT2D eigenvalue weighted by molar-refractivity contribution is -0.131. The van der Waals surface area contributed by atoms with Crippen LogP contribution in [-0.4, -0.2) is 46.7 Å². The average molecular weight is 416 g/mol. The van der Waals surface area contributed by atoms with Crippen LogP contribution in [0.2, 0.25) is 5.02 Å². The van der Waals surface area contributed by atoms with Gasteiger partial charge in [0.1, 0.15) is 17.5 Å². The van der Waals surface area contributed by atoms with Crippen LogP contribution in [0.1, 0.15) is 22.8 Å². The summed E-state index contributed by atoms with van der Waals surface area (Å²) in [6.07, 6.45) is 2.72. The number of likely N-dealkylation sites (tertiary alicyclic amines) is 1. The van der Waals surface area contributed by atoms with E-state index in [1.165, 1.54) is 17.9 Å². The molecule has 2 aromatic rings. The first kappa shape index (κ1) is 19.5. The van der Waals surface area contributed by atoms with E-state index in [-0.39, 0.29) is 25.1 Å². The quantitative estimate of drug-likeness (QED) is 0.762. The Bertz CT molecular complexity index is 1010. The van der Waals surface area contributed by atoms with Gasteiger partial charge in [-0.15, -0.1) is 0 Å². The summed E-state index contributed by atoms with van der Waals surface area (Å²) >= 11 is 6.37. The number of fused-ring (bicyclic) bond motifs is 1. The third kappa shape index (κ3) is 3.98. The van der Waals surface area contributed by atoms with Crippen molar-refractivity contribution >= 4 is 23.5 Å². The molecule has 5 nitrogen and oxygen atoms in total. The van der Waals surface area contributed by atoms with E-state index < -0.39 is 11.6 Å². The minimum atomic E-state index is -1.30. The number of carbonyl (C=O) groups excluding carboxylic acids is 1. The van der Waals surface area contributed by atoms with Crippen molar-refractivity contribution in [2.75, 3.05) is 13.1 Å². The molecule has 0 saturated carbocycles. The van der Waals surface area contributed by atoms with Gasteiger partial charge in [-0.1, -0.05) is 23.7 Å². The predicted molar refractivity (Wildman–Crippen MR) is 107 cm³/mol. The van der Waals surface area contributed by atoms with Gasteiger partial charge in [0.15, 0.2) is 0 Å². The molecule has 1 N–H and O–H groups in total. The van der Waals surface area contributed by atoms with E-state index >= 15 is 0 Å². The topological polar surface area (TPSA) is 66.8 Å². The fraction of sp³-hybridized carbons (Fsp3) is 0.273. The van der Waals surface area contributed by atoms with Crippen LogP contribution in [0.15, 0.2) is 48.6 Å². The lowest BCUT2D eigenvalue weighted by Crippen LogP contribution is -2.59. The molecular weight excluding hydrogens is 397 g/mol. The molecule has 2 aliphatic heterocycles. The van der Waals surface area contributed by atoms with Gasteiger partial charge in [0.2, 0.25) is 0 Å². The lowest BCUT2D eigenvalue weighted by Gasteiger charge is -2.42. The number of halogens is 2. The van der Waals surface area contributed by atoms with Gasteiger partial charge in [0, 0.05) is 23.6 Å². The molecule has 0 spiro atoms. The molecule has 2 heterocycles. The van der Waals surface area contributed by atoms with Gasteiger partial charge in [-0.25, -0.2) is 9.18 Å². The van der Waals surface area contributed by atoms with Crippen LogP contribution in [0, 0.1) is 0 Å². The highest BCUT2D eigenvalue weighted by atomic mass is 35.5. The van der Waals surface area contributed by atoms with Crippen molar-refractivity contribution in [3.63, 3.8) is 0 Å². The van der Waals surface area contributed by atoms with Crippen molar-refractivity contribution in [3.8, 4) is 16.9 Å². The van der Waals surface area contributed by atoms with Crippen LogP contribution in [0.4, 0.5) is 4.39 Å². The molecule has 1 unspecified atom stereocenters. The highest BCUT2D eigenvalue weighted by molar-refractivity contribution is 6.32. The van der Waals surface area contributed by atoms with E-state index in [0.717, 1.165) is 22.8 Å². The minimum absolute atomic E-state index is 0.117. The summed E-state index contributed by atoms with van der Waals surface area (Å²) < 4.78 is 19.4. The molecule has 0 bridgehead atoms. The summed E-state index contributed by atoms with van der Waals surface area (Å²) in [5.41, 5.74) is 1.87. The van der Waals surface area contributed by atoms with Gasteiger partial charge >= 0.3 is 5.97 Å². The Kier molecular flexibility index (Phi) is 4.82. The van der Waals surface area contributed by atoms with Crippen LogP contribution < -0.4 is 4.74 Å².